The molecular formula is C11H20OS. The summed E-state index contributed by atoms with van der Waals surface area (Å²) < 4.78 is 0. The Morgan fingerprint density at radius 2 is 2.00 bits per heavy atom. The van der Waals surface area contributed by atoms with E-state index in [1.165, 1.54) is 37.4 Å². The third-order valence-electron chi connectivity index (χ3n) is 1.85. The molecule has 0 spiro atoms. The first kappa shape index (κ1) is 12.8. The fourth-order valence-electron chi connectivity index (χ4n) is 1.10. The minimum absolute atomic E-state index is 0.316. The number of rotatable bonds is 8. The van der Waals surface area contributed by atoms with Gasteiger partial charge in [-0.2, -0.15) is 0 Å². The van der Waals surface area contributed by atoms with Crippen LogP contribution in [0.5, 0.6) is 0 Å². The third kappa shape index (κ3) is 9.68. The normalized spacial score (nSPS) is 9.92. The molecule has 0 bridgehead atoms. The third-order valence-corrected chi connectivity index (χ3v) is 2.78. The molecule has 0 fully saturated rings. The van der Waals surface area contributed by atoms with Gasteiger partial charge in [-0.15, -0.1) is 6.58 Å². The molecule has 0 atom stereocenters. The summed E-state index contributed by atoms with van der Waals surface area (Å²) in [7, 11) is 0. The first-order chi connectivity index (χ1) is 6.31. The summed E-state index contributed by atoms with van der Waals surface area (Å²) in [4.78, 5) is 11.1. The molecule has 0 aliphatic carbocycles. The van der Waals surface area contributed by atoms with Gasteiger partial charge in [0.05, 0.1) is 0 Å². The van der Waals surface area contributed by atoms with Crippen LogP contribution in [-0.4, -0.2) is 10.9 Å². The van der Waals surface area contributed by atoms with E-state index < -0.39 is 0 Å². The van der Waals surface area contributed by atoms with E-state index in [2.05, 4.69) is 13.5 Å². The monoisotopic (exact) mass is 200 g/mol. The molecule has 0 aliphatic rings. The SMILES string of the molecule is C=CCSC(=O)CCCCCCC. The lowest BCUT2D eigenvalue weighted by molar-refractivity contribution is -0.111. The minimum atomic E-state index is 0.316. The number of hydrogen-bond acceptors (Lipinski definition) is 2. The van der Waals surface area contributed by atoms with Crippen LogP contribution in [-0.2, 0) is 4.79 Å². The minimum Gasteiger partial charge on any atom is -0.287 e. The highest BCUT2D eigenvalue weighted by atomic mass is 32.2. The first-order valence-electron chi connectivity index (χ1n) is 5.07. The Morgan fingerprint density at radius 1 is 1.31 bits per heavy atom. The Bertz CT molecular complexity index is 143. The molecule has 2 heteroatoms. The molecule has 1 nitrogen and oxygen atoms in total. The predicted molar refractivity (Wildman–Crippen MR) is 61.0 cm³/mol. The Morgan fingerprint density at radius 3 is 2.62 bits per heavy atom. The van der Waals surface area contributed by atoms with Crippen molar-refractivity contribution in [2.75, 3.05) is 5.75 Å². The smallest absolute Gasteiger partial charge is 0.189 e. The Balaban J connectivity index is 3.12. The van der Waals surface area contributed by atoms with Crippen molar-refractivity contribution in [1.82, 2.24) is 0 Å². The van der Waals surface area contributed by atoms with Gasteiger partial charge in [-0.1, -0.05) is 50.4 Å². The molecule has 13 heavy (non-hydrogen) atoms. The van der Waals surface area contributed by atoms with Crippen LogP contribution in [0.25, 0.3) is 0 Å². The Labute approximate surface area is 86.0 Å². The highest BCUT2D eigenvalue weighted by Gasteiger charge is 1.99. The Kier molecular flexibility index (Phi) is 9.66. The molecule has 0 saturated heterocycles. The lowest BCUT2D eigenvalue weighted by atomic mass is 10.1. The van der Waals surface area contributed by atoms with Gasteiger partial charge >= 0.3 is 0 Å². The van der Waals surface area contributed by atoms with E-state index in [1.54, 1.807) is 6.08 Å². The first-order valence-corrected chi connectivity index (χ1v) is 6.06. The standard InChI is InChI=1S/C11H20OS/c1-3-5-6-7-8-9-11(12)13-10-4-2/h4H,2-3,5-10H2,1H3. The molecule has 76 valence electrons. The second-order valence-electron chi connectivity index (χ2n) is 3.14. The summed E-state index contributed by atoms with van der Waals surface area (Å²) in [5, 5.41) is 0.316. The van der Waals surface area contributed by atoms with Crippen LogP contribution in [0, 0.1) is 0 Å². The molecule has 0 aliphatic heterocycles. The molecule has 0 saturated carbocycles. The molecule has 0 unspecified atom stereocenters. The fourth-order valence-corrected chi connectivity index (χ4v) is 1.69. The summed E-state index contributed by atoms with van der Waals surface area (Å²) in [6.07, 6.45) is 8.61. The maximum Gasteiger partial charge on any atom is 0.189 e. The van der Waals surface area contributed by atoms with E-state index in [-0.39, 0.29) is 0 Å². The molecule has 0 rings (SSSR count). The molecule has 0 aromatic heterocycles. The van der Waals surface area contributed by atoms with E-state index in [1.807, 2.05) is 0 Å². The van der Waals surface area contributed by atoms with Crippen molar-refractivity contribution in [3.63, 3.8) is 0 Å². The number of hydrogen-bond donors (Lipinski definition) is 0. The van der Waals surface area contributed by atoms with Crippen molar-refractivity contribution in [1.29, 1.82) is 0 Å². The van der Waals surface area contributed by atoms with Gasteiger partial charge in [0, 0.05) is 12.2 Å². The van der Waals surface area contributed by atoms with Crippen LogP contribution in [0.3, 0.4) is 0 Å². The van der Waals surface area contributed by atoms with Crippen molar-refractivity contribution in [3.05, 3.63) is 12.7 Å². The summed E-state index contributed by atoms with van der Waals surface area (Å²) in [6, 6.07) is 0. The molecule has 0 N–H and O–H groups in total. The van der Waals surface area contributed by atoms with E-state index in [4.69, 9.17) is 0 Å². The van der Waals surface area contributed by atoms with E-state index in [9.17, 15) is 4.79 Å². The average Bonchev–Trinajstić information content (AvgIpc) is 2.14. The van der Waals surface area contributed by atoms with E-state index in [0.29, 0.717) is 5.12 Å². The predicted octanol–water partition coefficient (Wildman–Crippen LogP) is 3.79. The quantitative estimate of drug-likeness (QED) is 0.438. The maximum absolute atomic E-state index is 11.1. The van der Waals surface area contributed by atoms with Crippen LogP contribution in [0.4, 0.5) is 0 Å². The number of unbranched alkanes of at least 4 members (excludes halogenated alkanes) is 4. The number of carbonyl (C=O) groups excluding carboxylic acids is 1. The van der Waals surface area contributed by atoms with Crippen molar-refractivity contribution >= 4 is 16.9 Å². The molecule has 0 heterocycles. The van der Waals surface area contributed by atoms with Crippen LogP contribution in [0.2, 0.25) is 0 Å². The van der Waals surface area contributed by atoms with Gasteiger partial charge in [0.25, 0.3) is 0 Å². The van der Waals surface area contributed by atoms with Gasteiger partial charge in [0.1, 0.15) is 0 Å². The highest BCUT2D eigenvalue weighted by Crippen LogP contribution is 2.11. The lowest BCUT2D eigenvalue weighted by Crippen LogP contribution is -1.92. The van der Waals surface area contributed by atoms with Crippen molar-refractivity contribution < 1.29 is 4.79 Å². The molecule has 0 aromatic carbocycles. The summed E-state index contributed by atoms with van der Waals surface area (Å²) in [5.41, 5.74) is 0. The molecule has 0 amide bonds. The molecular weight excluding hydrogens is 180 g/mol. The summed E-state index contributed by atoms with van der Waals surface area (Å²) >= 11 is 1.38. The number of carbonyl (C=O) groups is 1. The van der Waals surface area contributed by atoms with E-state index in [0.717, 1.165) is 18.6 Å². The Hall–Kier alpha value is -0.240. The van der Waals surface area contributed by atoms with Gasteiger partial charge in [-0.25, -0.2) is 0 Å². The van der Waals surface area contributed by atoms with Gasteiger partial charge in [-0.3, -0.25) is 4.79 Å². The largest absolute Gasteiger partial charge is 0.287 e. The van der Waals surface area contributed by atoms with Crippen molar-refractivity contribution in [2.45, 2.75) is 45.4 Å². The van der Waals surface area contributed by atoms with Gasteiger partial charge < -0.3 is 0 Å². The zero-order valence-electron chi connectivity index (χ0n) is 8.55. The van der Waals surface area contributed by atoms with Crippen LogP contribution in [0.15, 0.2) is 12.7 Å². The van der Waals surface area contributed by atoms with Gasteiger partial charge in [0.2, 0.25) is 0 Å². The van der Waals surface area contributed by atoms with Crippen LogP contribution < -0.4 is 0 Å². The van der Waals surface area contributed by atoms with Crippen LogP contribution in [0.1, 0.15) is 45.4 Å². The highest BCUT2D eigenvalue weighted by molar-refractivity contribution is 8.13. The van der Waals surface area contributed by atoms with Crippen molar-refractivity contribution in [3.8, 4) is 0 Å². The van der Waals surface area contributed by atoms with Gasteiger partial charge in [-0.05, 0) is 6.42 Å². The maximum atomic E-state index is 11.1. The van der Waals surface area contributed by atoms with Crippen molar-refractivity contribution in [2.24, 2.45) is 0 Å². The summed E-state index contributed by atoms with van der Waals surface area (Å²) in [5.74, 6) is 0.758. The van der Waals surface area contributed by atoms with E-state index >= 15 is 0 Å². The topological polar surface area (TPSA) is 17.1 Å². The second kappa shape index (κ2) is 9.85. The zero-order valence-corrected chi connectivity index (χ0v) is 9.37. The summed E-state index contributed by atoms with van der Waals surface area (Å²) in [6.45, 7) is 5.78. The fraction of sp³-hybridized carbons (Fsp3) is 0.727. The van der Waals surface area contributed by atoms with Gasteiger partial charge in [0.15, 0.2) is 5.12 Å². The zero-order chi connectivity index (χ0) is 9.94. The lowest BCUT2D eigenvalue weighted by Gasteiger charge is -1.98. The number of thioether (sulfide) groups is 1. The van der Waals surface area contributed by atoms with Crippen LogP contribution >= 0.6 is 11.8 Å². The molecule has 0 aromatic rings. The second-order valence-corrected chi connectivity index (χ2v) is 4.21. The molecule has 0 radical (unpaired) electrons. The average molecular weight is 200 g/mol.